The van der Waals surface area contributed by atoms with Crippen LogP contribution in [-0.4, -0.2) is 27.9 Å². The van der Waals surface area contributed by atoms with Gasteiger partial charge in [0, 0.05) is 18.9 Å². The van der Waals surface area contributed by atoms with Gasteiger partial charge in [0.2, 0.25) is 0 Å². The van der Waals surface area contributed by atoms with Crippen LogP contribution in [0.4, 0.5) is 5.69 Å². The van der Waals surface area contributed by atoms with E-state index in [2.05, 4.69) is 15.7 Å². The Morgan fingerprint density at radius 3 is 2.60 bits per heavy atom. The number of hydrogen-bond donors (Lipinski definition) is 2. The Balaban J connectivity index is 1.93. The van der Waals surface area contributed by atoms with E-state index in [0.29, 0.717) is 5.56 Å². The van der Waals surface area contributed by atoms with Crippen molar-refractivity contribution in [2.45, 2.75) is 0 Å². The molecule has 0 atom stereocenters. The summed E-state index contributed by atoms with van der Waals surface area (Å²) < 4.78 is 6.61. The Morgan fingerprint density at radius 2 is 2.05 bits per heavy atom. The summed E-state index contributed by atoms with van der Waals surface area (Å²) in [6, 6.07) is 7.21. The Bertz CT molecular complexity index is 622. The van der Waals surface area contributed by atoms with Gasteiger partial charge in [-0.3, -0.25) is 14.8 Å². The third kappa shape index (κ3) is 3.55. The molecule has 1 aromatic heterocycles. The van der Waals surface area contributed by atoms with Crippen LogP contribution in [0.3, 0.4) is 0 Å². The van der Waals surface area contributed by atoms with Gasteiger partial charge in [-0.25, -0.2) is 0 Å². The van der Waals surface area contributed by atoms with E-state index in [1.54, 1.807) is 49.3 Å². The van der Waals surface area contributed by atoms with Crippen molar-refractivity contribution in [1.82, 2.24) is 15.1 Å². The number of thiocarbonyl (C=S) groups is 1. The molecule has 0 aliphatic rings. The highest BCUT2D eigenvalue weighted by Gasteiger charge is 2.09. The van der Waals surface area contributed by atoms with Crippen molar-refractivity contribution in [3.63, 3.8) is 0 Å². The fourth-order valence-electron chi connectivity index (χ4n) is 1.55. The van der Waals surface area contributed by atoms with Crippen LogP contribution in [0, 0.1) is 0 Å². The molecule has 0 saturated heterocycles. The number of ether oxygens (including phenoxy) is 1. The molecular weight excluding hydrogens is 276 g/mol. The average Bonchev–Trinajstić information content (AvgIpc) is 2.86. The second-order valence-corrected chi connectivity index (χ2v) is 4.45. The summed E-state index contributed by atoms with van der Waals surface area (Å²) >= 11 is 5.08. The molecule has 20 heavy (non-hydrogen) atoms. The quantitative estimate of drug-likeness (QED) is 0.840. The lowest BCUT2D eigenvalue weighted by molar-refractivity contribution is 0.0977. The summed E-state index contributed by atoms with van der Waals surface area (Å²) in [6.07, 6.45) is 3.09. The lowest BCUT2D eigenvalue weighted by atomic mass is 10.3. The van der Waals surface area contributed by atoms with E-state index in [9.17, 15) is 4.79 Å². The average molecular weight is 290 g/mol. The minimum atomic E-state index is -0.302. The molecule has 0 aliphatic carbocycles. The number of hydrogen-bond acceptors (Lipinski definition) is 4. The molecule has 1 amide bonds. The van der Waals surface area contributed by atoms with E-state index < -0.39 is 0 Å². The zero-order chi connectivity index (χ0) is 14.5. The lowest BCUT2D eigenvalue weighted by Gasteiger charge is -2.09. The fourth-order valence-corrected chi connectivity index (χ4v) is 1.76. The number of methoxy groups -OCH3 is 1. The molecule has 1 heterocycles. The minimum absolute atomic E-state index is 0.226. The molecule has 0 saturated carbocycles. The van der Waals surface area contributed by atoms with E-state index in [1.807, 2.05) is 0 Å². The largest absolute Gasteiger partial charge is 0.497 e. The van der Waals surface area contributed by atoms with Crippen molar-refractivity contribution in [1.29, 1.82) is 0 Å². The monoisotopic (exact) mass is 290 g/mol. The highest BCUT2D eigenvalue weighted by molar-refractivity contribution is 7.80. The smallest absolute Gasteiger partial charge is 0.260 e. The normalized spacial score (nSPS) is 9.90. The molecule has 0 aliphatic heterocycles. The first kappa shape index (κ1) is 14.0. The Morgan fingerprint density at radius 1 is 1.35 bits per heavy atom. The number of benzene rings is 1. The maximum Gasteiger partial charge on any atom is 0.260 e. The van der Waals surface area contributed by atoms with E-state index in [4.69, 9.17) is 17.0 Å². The zero-order valence-electron chi connectivity index (χ0n) is 11.1. The number of aryl methyl sites for hydroxylation is 1. The van der Waals surface area contributed by atoms with Crippen molar-refractivity contribution < 1.29 is 9.53 Å². The van der Waals surface area contributed by atoms with Crippen LogP contribution in [0.1, 0.15) is 10.4 Å². The van der Waals surface area contributed by atoms with Crippen molar-refractivity contribution in [3.8, 4) is 5.75 Å². The Labute approximate surface area is 121 Å². The Hall–Kier alpha value is -2.41. The minimum Gasteiger partial charge on any atom is -0.497 e. The number of rotatable bonds is 3. The van der Waals surface area contributed by atoms with E-state index in [1.165, 1.54) is 6.20 Å². The van der Waals surface area contributed by atoms with Gasteiger partial charge in [0.05, 0.1) is 18.9 Å². The molecule has 2 aromatic rings. The van der Waals surface area contributed by atoms with Crippen molar-refractivity contribution >= 4 is 28.9 Å². The summed E-state index contributed by atoms with van der Waals surface area (Å²) in [6.45, 7) is 0. The van der Waals surface area contributed by atoms with Gasteiger partial charge in [0.25, 0.3) is 5.91 Å². The molecule has 2 rings (SSSR count). The van der Waals surface area contributed by atoms with Crippen LogP contribution in [0.25, 0.3) is 0 Å². The molecule has 1 aromatic carbocycles. The van der Waals surface area contributed by atoms with Crippen LogP contribution >= 0.6 is 12.2 Å². The van der Waals surface area contributed by atoms with Gasteiger partial charge >= 0.3 is 0 Å². The topological polar surface area (TPSA) is 68.2 Å². The van der Waals surface area contributed by atoms with Crippen LogP contribution in [0.15, 0.2) is 36.7 Å². The second kappa shape index (κ2) is 6.16. The first-order valence-electron chi connectivity index (χ1n) is 5.83. The highest BCUT2D eigenvalue weighted by Crippen LogP contribution is 2.14. The van der Waals surface area contributed by atoms with Crippen molar-refractivity contribution in [3.05, 3.63) is 42.2 Å². The van der Waals surface area contributed by atoms with E-state index in [0.717, 1.165) is 11.4 Å². The maximum atomic E-state index is 11.8. The zero-order valence-corrected chi connectivity index (χ0v) is 11.9. The van der Waals surface area contributed by atoms with Gasteiger partial charge < -0.3 is 10.1 Å². The van der Waals surface area contributed by atoms with Gasteiger partial charge in [0.15, 0.2) is 5.11 Å². The number of amides is 1. The number of carbonyl (C=O) groups is 1. The van der Waals surface area contributed by atoms with Crippen molar-refractivity contribution in [2.75, 3.05) is 12.4 Å². The highest BCUT2D eigenvalue weighted by atomic mass is 32.1. The molecule has 0 spiro atoms. The van der Waals surface area contributed by atoms with Gasteiger partial charge in [-0.15, -0.1) is 0 Å². The number of nitrogens with zero attached hydrogens (tertiary/aromatic N) is 2. The summed E-state index contributed by atoms with van der Waals surface area (Å²) in [5, 5.41) is 9.65. The first-order valence-corrected chi connectivity index (χ1v) is 6.24. The molecule has 6 nitrogen and oxygen atoms in total. The number of carbonyl (C=O) groups excluding carboxylic acids is 1. The molecule has 0 unspecified atom stereocenters. The molecule has 0 radical (unpaired) electrons. The summed E-state index contributed by atoms with van der Waals surface area (Å²) in [5.41, 5.74) is 1.22. The first-order chi connectivity index (χ1) is 9.58. The second-order valence-electron chi connectivity index (χ2n) is 4.04. The lowest BCUT2D eigenvalue weighted by Crippen LogP contribution is -2.33. The SMILES string of the molecule is COc1ccc(NC(=S)NC(=O)c2cnn(C)c2)cc1. The van der Waals surface area contributed by atoms with E-state index in [-0.39, 0.29) is 11.0 Å². The Kier molecular flexibility index (Phi) is 4.31. The molecule has 0 bridgehead atoms. The number of anilines is 1. The molecule has 2 N–H and O–H groups in total. The van der Waals surface area contributed by atoms with Crippen molar-refractivity contribution in [2.24, 2.45) is 7.05 Å². The molecule has 7 heteroatoms. The van der Waals surface area contributed by atoms with Gasteiger partial charge in [-0.1, -0.05) is 0 Å². The summed E-state index contributed by atoms with van der Waals surface area (Å²) in [4.78, 5) is 11.8. The van der Waals surface area contributed by atoms with Gasteiger partial charge in [-0.05, 0) is 36.5 Å². The standard InChI is InChI=1S/C13H14N4O2S/c1-17-8-9(7-14-17)12(18)16-13(20)15-10-3-5-11(19-2)6-4-10/h3-8H,1-2H3,(H2,15,16,18,20). The summed E-state index contributed by atoms with van der Waals surface area (Å²) in [5.74, 6) is 0.449. The number of nitrogens with one attached hydrogen (secondary N) is 2. The predicted octanol–water partition coefficient (Wildman–Crippen LogP) is 1.56. The van der Waals surface area contributed by atoms with Crippen LogP contribution in [0.5, 0.6) is 5.75 Å². The summed E-state index contributed by atoms with van der Waals surface area (Å²) in [7, 11) is 3.34. The molecular formula is C13H14N4O2S. The third-order valence-electron chi connectivity index (χ3n) is 2.54. The van der Waals surface area contributed by atoms with Crippen LogP contribution in [-0.2, 0) is 7.05 Å². The maximum absolute atomic E-state index is 11.8. The fraction of sp³-hybridized carbons (Fsp3) is 0.154. The van der Waals surface area contributed by atoms with Crippen LogP contribution < -0.4 is 15.4 Å². The number of aromatic nitrogens is 2. The van der Waals surface area contributed by atoms with Gasteiger partial charge in [-0.2, -0.15) is 5.10 Å². The molecule has 104 valence electrons. The predicted molar refractivity (Wildman–Crippen MR) is 79.9 cm³/mol. The van der Waals surface area contributed by atoms with E-state index >= 15 is 0 Å². The van der Waals surface area contributed by atoms with Gasteiger partial charge in [0.1, 0.15) is 5.75 Å². The van der Waals surface area contributed by atoms with Crippen LogP contribution in [0.2, 0.25) is 0 Å². The third-order valence-corrected chi connectivity index (χ3v) is 2.75. The molecule has 0 fully saturated rings.